The normalized spacial score (nSPS) is 10.3. The smallest absolute Gasteiger partial charge is 0.294 e. The van der Waals surface area contributed by atoms with Crippen LogP contribution in [0.15, 0.2) is 9.95 Å². The first-order valence-electron chi connectivity index (χ1n) is 3.50. The molecule has 0 saturated carbocycles. The summed E-state index contributed by atoms with van der Waals surface area (Å²) in [7, 11) is 1.55. The van der Waals surface area contributed by atoms with E-state index in [0.717, 1.165) is 4.68 Å². The lowest BCUT2D eigenvalue weighted by molar-refractivity contribution is 0.258. The zero-order chi connectivity index (χ0) is 9.84. The van der Waals surface area contributed by atoms with Gasteiger partial charge in [0, 0.05) is 7.11 Å². The molecule has 2 N–H and O–H groups in total. The number of ether oxygens (including phenoxy) is 1. The van der Waals surface area contributed by atoms with Gasteiger partial charge in [-0.1, -0.05) is 11.8 Å². The number of nitrogen functional groups attached to an aromatic ring is 1. The van der Waals surface area contributed by atoms with E-state index in [-0.39, 0.29) is 11.3 Å². The van der Waals surface area contributed by atoms with E-state index in [1.165, 1.54) is 11.8 Å². The van der Waals surface area contributed by atoms with Crippen LogP contribution in [0.4, 0.5) is 0 Å². The van der Waals surface area contributed by atoms with Gasteiger partial charge >= 0.3 is 0 Å². The quantitative estimate of drug-likeness (QED) is 0.398. The van der Waals surface area contributed by atoms with E-state index in [0.29, 0.717) is 11.1 Å². The third-order valence-electron chi connectivity index (χ3n) is 1.33. The fraction of sp³-hybridized carbons (Fsp3) is 0.500. The lowest BCUT2D eigenvalue weighted by atomic mass is 10.5. The molecule has 0 atom stereocenters. The molecule has 0 aliphatic rings. The highest BCUT2D eigenvalue weighted by molar-refractivity contribution is 7.99. The molecule has 1 rings (SSSR count). The van der Waals surface area contributed by atoms with Crippen molar-refractivity contribution < 1.29 is 4.74 Å². The fourth-order valence-corrected chi connectivity index (χ4v) is 1.22. The zero-order valence-corrected chi connectivity index (χ0v) is 8.17. The summed E-state index contributed by atoms with van der Waals surface area (Å²) in [5, 5.41) is 7.74. The highest BCUT2D eigenvalue weighted by atomic mass is 32.2. The molecular weight excluding hydrogens is 192 g/mol. The number of methoxy groups -OCH3 is 1. The second-order valence-corrected chi connectivity index (χ2v) is 3.18. The van der Waals surface area contributed by atoms with Crippen molar-refractivity contribution >= 4 is 11.8 Å². The van der Waals surface area contributed by atoms with Crippen molar-refractivity contribution in [3.63, 3.8) is 0 Å². The Morgan fingerprint density at radius 1 is 1.62 bits per heavy atom. The molecular formula is C6H10N4O2S. The van der Waals surface area contributed by atoms with E-state index >= 15 is 0 Å². The third kappa shape index (κ3) is 2.19. The van der Waals surface area contributed by atoms with E-state index in [1.54, 1.807) is 14.0 Å². The zero-order valence-electron chi connectivity index (χ0n) is 7.35. The molecule has 0 bridgehead atoms. The topological polar surface area (TPSA) is 83.0 Å². The number of hydrogen-bond acceptors (Lipinski definition) is 6. The summed E-state index contributed by atoms with van der Waals surface area (Å²) in [5.41, 5.74) is -0.0575. The number of thioether (sulfide) groups is 1. The highest BCUT2D eigenvalue weighted by Crippen LogP contribution is 2.09. The number of hydrogen-bond donors (Lipinski definition) is 1. The van der Waals surface area contributed by atoms with Crippen LogP contribution in [-0.2, 0) is 4.74 Å². The summed E-state index contributed by atoms with van der Waals surface area (Å²) in [6.45, 7) is 1.56. The predicted octanol–water partition coefficient (Wildman–Crippen LogP) is -0.643. The van der Waals surface area contributed by atoms with Crippen molar-refractivity contribution in [1.82, 2.24) is 14.9 Å². The van der Waals surface area contributed by atoms with Crippen molar-refractivity contribution in [2.24, 2.45) is 0 Å². The summed E-state index contributed by atoms with van der Waals surface area (Å²) in [4.78, 5) is 11.2. The maximum atomic E-state index is 11.2. The van der Waals surface area contributed by atoms with Crippen molar-refractivity contribution in [2.75, 3.05) is 18.9 Å². The van der Waals surface area contributed by atoms with E-state index < -0.39 is 0 Å². The molecule has 6 nitrogen and oxygen atoms in total. The van der Waals surface area contributed by atoms with Gasteiger partial charge in [0.1, 0.15) is 5.69 Å². The van der Waals surface area contributed by atoms with Gasteiger partial charge in [-0.2, -0.15) is 4.68 Å². The van der Waals surface area contributed by atoms with Crippen molar-refractivity contribution in [3.8, 4) is 0 Å². The Morgan fingerprint density at radius 3 is 2.92 bits per heavy atom. The summed E-state index contributed by atoms with van der Waals surface area (Å²) < 4.78 is 5.76. The predicted molar refractivity (Wildman–Crippen MR) is 48.9 cm³/mol. The number of rotatable bonds is 3. The number of nitrogens with two attached hydrogens (primary N) is 1. The summed E-state index contributed by atoms with van der Waals surface area (Å²) in [5.74, 6) is 5.83. The van der Waals surface area contributed by atoms with Crippen molar-refractivity contribution in [1.29, 1.82) is 0 Å². The Balaban J connectivity index is 2.97. The van der Waals surface area contributed by atoms with Crippen LogP contribution in [0.5, 0.6) is 0 Å². The maximum Gasteiger partial charge on any atom is 0.294 e. The molecule has 13 heavy (non-hydrogen) atoms. The average Bonchev–Trinajstić information content (AvgIpc) is 2.13. The van der Waals surface area contributed by atoms with Gasteiger partial charge in [0.2, 0.25) is 5.16 Å². The van der Waals surface area contributed by atoms with Gasteiger partial charge < -0.3 is 10.6 Å². The summed E-state index contributed by atoms with van der Waals surface area (Å²) in [6, 6.07) is 0. The van der Waals surface area contributed by atoms with Crippen LogP contribution in [0.2, 0.25) is 0 Å². The van der Waals surface area contributed by atoms with Crippen LogP contribution in [-0.4, -0.2) is 27.9 Å². The van der Waals surface area contributed by atoms with Gasteiger partial charge in [-0.25, -0.2) is 0 Å². The fourth-order valence-electron chi connectivity index (χ4n) is 0.680. The van der Waals surface area contributed by atoms with E-state index in [9.17, 15) is 4.79 Å². The monoisotopic (exact) mass is 202 g/mol. The van der Waals surface area contributed by atoms with E-state index in [4.69, 9.17) is 10.6 Å². The molecule has 0 spiro atoms. The van der Waals surface area contributed by atoms with Crippen LogP contribution in [0.25, 0.3) is 0 Å². The third-order valence-corrected chi connectivity index (χ3v) is 2.22. The molecule has 0 radical (unpaired) electrons. The minimum atomic E-state index is -0.339. The Hall–Kier alpha value is -1.08. The lowest BCUT2D eigenvalue weighted by Crippen LogP contribution is -2.32. The molecule has 1 aromatic rings. The van der Waals surface area contributed by atoms with Crippen LogP contribution in [0, 0.1) is 6.92 Å². The summed E-state index contributed by atoms with van der Waals surface area (Å²) in [6.07, 6.45) is 0. The Labute approximate surface area is 79.1 Å². The van der Waals surface area contributed by atoms with Crippen molar-refractivity contribution in [3.05, 3.63) is 16.0 Å². The Kier molecular flexibility index (Phi) is 3.26. The molecule has 1 heterocycles. The summed E-state index contributed by atoms with van der Waals surface area (Å²) >= 11 is 1.21. The molecule has 1 aromatic heterocycles. The molecule has 0 aliphatic carbocycles. The molecule has 0 saturated heterocycles. The van der Waals surface area contributed by atoms with Gasteiger partial charge in [0.25, 0.3) is 5.56 Å². The Bertz CT molecular complexity index is 351. The Morgan fingerprint density at radius 2 is 2.31 bits per heavy atom. The number of aromatic nitrogens is 3. The number of aryl methyl sites for hydroxylation is 1. The standard InChI is InChI=1S/C6H10N4O2S/c1-4-5(11)10(7)6(9-8-4)13-3-12-2/h3,7H2,1-2H3. The average molecular weight is 202 g/mol. The van der Waals surface area contributed by atoms with Crippen LogP contribution >= 0.6 is 11.8 Å². The van der Waals surface area contributed by atoms with E-state index in [2.05, 4.69) is 10.2 Å². The minimum absolute atomic E-state index is 0.282. The molecule has 0 aliphatic heterocycles. The number of nitrogens with zero attached hydrogens (tertiary/aromatic N) is 3. The van der Waals surface area contributed by atoms with Gasteiger partial charge in [-0.15, -0.1) is 10.2 Å². The molecule has 0 amide bonds. The second-order valence-electron chi connectivity index (χ2n) is 2.29. The van der Waals surface area contributed by atoms with Crippen molar-refractivity contribution in [2.45, 2.75) is 12.1 Å². The highest BCUT2D eigenvalue weighted by Gasteiger charge is 2.06. The minimum Gasteiger partial charge on any atom is -0.374 e. The molecule has 72 valence electrons. The van der Waals surface area contributed by atoms with Gasteiger partial charge in [0.15, 0.2) is 0 Å². The first kappa shape index (κ1) is 10.0. The van der Waals surface area contributed by atoms with Gasteiger partial charge in [-0.3, -0.25) is 4.79 Å². The van der Waals surface area contributed by atoms with Crippen LogP contribution in [0.3, 0.4) is 0 Å². The first-order chi connectivity index (χ1) is 6.16. The van der Waals surface area contributed by atoms with E-state index in [1.807, 2.05) is 0 Å². The molecule has 0 fully saturated rings. The SMILES string of the molecule is COCSc1nnc(C)c(=O)n1N. The largest absolute Gasteiger partial charge is 0.374 e. The molecule has 0 unspecified atom stereocenters. The molecule has 0 aromatic carbocycles. The van der Waals surface area contributed by atoms with Gasteiger partial charge in [0.05, 0.1) is 5.94 Å². The van der Waals surface area contributed by atoms with Crippen LogP contribution < -0.4 is 11.4 Å². The maximum absolute atomic E-state index is 11.2. The lowest BCUT2D eigenvalue weighted by Gasteiger charge is -2.04. The first-order valence-corrected chi connectivity index (χ1v) is 4.48. The molecule has 7 heteroatoms. The van der Waals surface area contributed by atoms with Gasteiger partial charge in [-0.05, 0) is 6.92 Å². The second kappa shape index (κ2) is 4.24. The van der Waals surface area contributed by atoms with Crippen LogP contribution in [0.1, 0.15) is 5.69 Å².